The first kappa shape index (κ1) is 7.55. The highest BCUT2D eigenvalue weighted by Gasteiger charge is 2.18. The number of hydrogen-bond acceptors (Lipinski definition) is 4. The highest BCUT2D eigenvalue weighted by atomic mass is 32.2. The van der Waals surface area contributed by atoms with E-state index in [1.165, 1.54) is 5.56 Å². The summed E-state index contributed by atoms with van der Waals surface area (Å²) in [5.74, 6) is 3.98. The molecule has 1 aliphatic rings. The highest BCUT2D eigenvalue weighted by molar-refractivity contribution is 7.98. The van der Waals surface area contributed by atoms with Gasteiger partial charge in [-0.2, -0.15) is 24.4 Å². The molecule has 0 N–H and O–H groups in total. The Morgan fingerprint density at radius 2 is 2.55 bits per heavy atom. The topological polar surface area (TPSA) is 26.0 Å². The Labute approximate surface area is 75.1 Å². The molecule has 2 heterocycles. The van der Waals surface area contributed by atoms with Gasteiger partial charge < -0.3 is 4.52 Å². The number of thioether (sulfide) groups is 1. The number of aromatic nitrogens is 1. The molecule has 0 bridgehead atoms. The minimum absolute atomic E-state index is 0.694. The monoisotopic (exact) mass is 187 g/mol. The fourth-order valence-corrected chi connectivity index (χ4v) is 2.46. The lowest BCUT2D eigenvalue weighted by Gasteiger charge is -2.07. The van der Waals surface area contributed by atoms with Crippen LogP contribution in [0.25, 0.3) is 0 Å². The van der Waals surface area contributed by atoms with Gasteiger partial charge in [0.2, 0.25) is 0 Å². The third kappa shape index (κ3) is 1.29. The van der Waals surface area contributed by atoms with Gasteiger partial charge in [0.1, 0.15) is 5.76 Å². The lowest BCUT2D eigenvalue weighted by molar-refractivity contribution is 0.382. The molecule has 0 aromatic carbocycles. The number of thiol groups is 1. The Morgan fingerprint density at radius 1 is 1.64 bits per heavy atom. The molecule has 0 saturated carbocycles. The highest BCUT2D eigenvalue weighted by Crippen LogP contribution is 2.27. The molecule has 0 unspecified atom stereocenters. The van der Waals surface area contributed by atoms with E-state index in [9.17, 15) is 0 Å². The van der Waals surface area contributed by atoms with Crippen LogP contribution < -0.4 is 0 Å². The summed E-state index contributed by atoms with van der Waals surface area (Å²) in [4.78, 5) is 0. The smallest absolute Gasteiger partial charge is 0.141 e. The molecule has 0 atom stereocenters. The van der Waals surface area contributed by atoms with Gasteiger partial charge in [0.05, 0.1) is 5.69 Å². The lowest BCUT2D eigenvalue weighted by atomic mass is 10.2. The van der Waals surface area contributed by atoms with Gasteiger partial charge in [0, 0.05) is 29.2 Å². The van der Waals surface area contributed by atoms with Gasteiger partial charge in [-0.25, -0.2) is 0 Å². The number of nitrogens with zero attached hydrogens (tertiary/aromatic N) is 1. The molecule has 60 valence electrons. The maximum Gasteiger partial charge on any atom is 0.141 e. The minimum Gasteiger partial charge on any atom is -0.361 e. The molecule has 0 aliphatic carbocycles. The van der Waals surface area contributed by atoms with Crippen LogP contribution in [0.2, 0.25) is 0 Å². The van der Waals surface area contributed by atoms with Crippen LogP contribution in [0.1, 0.15) is 17.0 Å². The summed E-state index contributed by atoms with van der Waals surface area (Å²) in [7, 11) is 0. The van der Waals surface area contributed by atoms with Crippen LogP contribution in [-0.4, -0.2) is 10.9 Å². The Bertz CT molecular complexity index is 245. The average Bonchev–Trinajstić information content (AvgIpc) is 2.47. The number of rotatable bonds is 1. The Balaban J connectivity index is 2.38. The summed E-state index contributed by atoms with van der Waals surface area (Å²) in [5, 5.41) is 3.95. The number of hydrogen-bond donors (Lipinski definition) is 1. The van der Waals surface area contributed by atoms with Crippen molar-refractivity contribution in [3.05, 3.63) is 17.0 Å². The standard InChI is InChI=1S/C7H9NOS2/c10-3-6-5-4-11-2-1-7(5)9-8-6/h10H,1-4H2. The van der Waals surface area contributed by atoms with Gasteiger partial charge in [-0.15, -0.1) is 0 Å². The molecule has 0 spiro atoms. The SMILES string of the molecule is SCc1noc2c1CSCC2. The van der Waals surface area contributed by atoms with Gasteiger partial charge in [0.15, 0.2) is 0 Å². The molecule has 2 rings (SSSR count). The van der Waals surface area contributed by atoms with Crippen molar-refractivity contribution >= 4 is 24.4 Å². The molecule has 1 aliphatic heterocycles. The maximum atomic E-state index is 5.17. The predicted molar refractivity (Wildman–Crippen MR) is 49.1 cm³/mol. The molecular formula is C7H9NOS2. The number of fused-ring (bicyclic) bond motifs is 1. The predicted octanol–water partition coefficient (Wildman–Crippen LogP) is 1.89. The number of aryl methyl sites for hydroxylation is 1. The second kappa shape index (κ2) is 3.11. The van der Waals surface area contributed by atoms with E-state index in [-0.39, 0.29) is 0 Å². The molecule has 4 heteroatoms. The zero-order valence-corrected chi connectivity index (χ0v) is 7.75. The van der Waals surface area contributed by atoms with Gasteiger partial charge in [-0.1, -0.05) is 5.16 Å². The summed E-state index contributed by atoms with van der Waals surface area (Å²) in [6, 6.07) is 0. The molecule has 1 aromatic heterocycles. The van der Waals surface area contributed by atoms with Crippen molar-refractivity contribution in [2.24, 2.45) is 0 Å². The third-order valence-corrected chi connectivity index (χ3v) is 3.11. The molecule has 0 amide bonds. The first-order valence-electron chi connectivity index (χ1n) is 3.56. The Hall–Kier alpha value is -0.0900. The van der Waals surface area contributed by atoms with Crippen molar-refractivity contribution in [2.75, 3.05) is 5.75 Å². The van der Waals surface area contributed by atoms with Gasteiger partial charge in [-0.3, -0.25) is 0 Å². The van der Waals surface area contributed by atoms with Crippen LogP contribution in [0.15, 0.2) is 4.52 Å². The Kier molecular flexibility index (Phi) is 2.13. The molecule has 0 radical (unpaired) electrons. The second-order valence-electron chi connectivity index (χ2n) is 2.49. The van der Waals surface area contributed by atoms with Crippen molar-refractivity contribution in [2.45, 2.75) is 17.9 Å². The fraction of sp³-hybridized carbons (Fsp3) is 0.571. The van der Waals surface area contributed by atoms with E-state index in [0.29, 0.717) is 5.75 Å². The molecule has 0 fully saturated rings. The first-order chi connectivity index (χ1) is 5.42. The third-order valence-electron chi connectivity index (χ3n) is 1.82. The molecule has 2 nitrogen and oxygen atoms in total. The van der Waals surface area contributed by atoms with Crippen LogP contribution in [0.4, 0.5) is 0 Å². The molecule has 1 aromatic rings. The van der Waals surface area contributed by atoms with E-state index in [1.54, 1.807) is 0 Å². The van der Waals surface area contributed by atoms with E-state index in [0.717, 1.165) is 29.4 Å². The largest absolute Gasteiger partial charge is 0.361 e. The normalized spacial score (nSPS) is 16.5. The van der Waals surface area contributed by atoms with Crippen LogP contribution in [0.5, 0.6) is 0 Å². The van der Waals surface area contributed by atoms with Crippen LogP contribution in [-0.2, 0) is 17.9 Å². The van der Waals surface area contributed by atoms with E-state index in [1.807, 2.05) is 11.8 Å². The van der Waals surface area contributed by atoms with E-state index < -0.39 is 0 Å². The Morgan fingerprint density at radius 3 is 3.36 bits per heavy atom. The summed E-state index contributed by atoms with van der Waals surface area (Å²) in [5.41, 5.74) is 2.31. The van der Waals surface area contributed by atoms with Crippen LogP contribution in [0, 0.1) is 0 Å². The van der Waals surface area contributed by atoms with Crippen molar-refractivity contribution in [1.82, 2.24) is 5.16 Å². The van der Waals surface area contributed by atoms with Gasteiger partial charge in [0.25, 0.3) is 0 Å². The zero-order valence-electron chi connectivity index (χ0n) is 6.04. The second-order valence-corrected chi connectivity index (χ2v) is 3.91. The van der Waals surface area contributed by atoms with Crippen molar-refractivity contribution in [3.63, 3.8) is 0 Å². The van der Waals surface area contributed by atoms with Crippen molar-refractivity contribution < 1.29 is 4.52 Å². The van der Waals surface area contributed by atoms with E-state index in [4.69, 9.17) is 4.52 Å². The minimum atomic E-state index is 0.694. The van der Waals surface area contributed by atoms with Crippen molar-refractivity contribution in [1.29, 1.82) is 0 Å². The summed E-state index contributed by atoms with van der Waals surface area (Å²) >= 11 is 6.12. The summed E-state index contributed by atoms with van der Waals surface area (Å²) in [6.45, 7) is 0. The molecule has 0 saturated heterocycles. The summed E-state index contributed by atoms with van der Waals surface area (Å²) < 4.78 is 5.17. The molecular weight excluding hydrogens is 178 g/mol. The first-order valence-corrected chi connectivity index (χ1v) is 5.35. The van der Waals surface area contributed by atoms with Gasteiger partial charge in [-0.05, 0) is 0 Å². The van der Waals surface area contributed by atoms with Gasteiger partial charge >= 0.3 is 0 Å². The summed E-state index contributed by atoms with van der Waals surface area (Å²) in [6.07, 6.45) is 1.03. The van der Waals surface area contributed by atoms with E-state index in [2.05, 4.69) is 17.8 Å². The van der Waals surface area contributed by atoms with E-state index >= 15 is 0 Å². The molecule has 11 heavy (non-hydrogen) atoms. The zero-order chi connectivity index (χ0) is 7.68. The lowest BCUT2D eigenvalue weighted by Crippen LogP contribution is -2.00. The average molecular weight is 187 g/mol. The van der Waals surface area contributed by atoms with Crippen LogP contribution in [0.3, 0.4) is 0 Å². The van der Waals surface area contributed by atoms with Crippen LogP contribution >= 0.6 is 24.4 Å². The quantitative estimate of drug-likeness (QED) is 0.680. The fourth-order valence-electron chi connectivity index (χ4n) is 1.21. The van der Waals surface area contributed by atoms with Crippen molar-refractivity contribution in [3.8, 4) is 0 Å². The maximum absolute atomic E-state index is 5.17.